The van der Waals surface area contributed by atoms with Crippen molar-refractivity contribution < 1.29 is 31.8 Å². The molecule has 0 fully saturated rings. The summed E-state index contributed by atoms with van der Waals surface area (Å²) in [5, 5.41) is 6.09. The fourth-order valence-corrected chi connectivity index (χ4v) is 2.66. The number of benzene rings is 1. The van der Waals surface area contributed by atoms with Crippen LogP contribution in [0.15, 0.2) is 36.5 Å². The molecule has 3 aromatic rings. The molecule has 3 rings (SSSR count). The van der Waals surface area contributed by atoms with Crippen molar-refractivity contribution in [2.24, 2.45) is 7.05 Å². The van der Waals surface area contributed by atoms with Crippen LogP contribution in [0.1, 0.15) is 17.4 Å². The maximum absolute atomic E-state index is 13.8. The number of para-hydroxylation sites is 1. The van der Waals surface area contributed by atoms with Gasteiger partial charge in [0.05, 0.1) is 17.9 Å². The van der Waals surface area contributed by atoms with E-state index in [1.807, 2.05) is 0 Å². The van der Waals surface area contributed by atoms with Gasteiger partial charge in [-0.3, -0.25) is 9.48 Å². The largest absolute Gasteiger partial charge is 0.478 e. The molecule has 11 heteroatoms. The Kier molecular flexibility index (Phi) is 6.19. The average Bonchev–Trinajstić information content (AvgIpc) is 3.06. The summed E-state index contributed by atoms with van der Waals surface area (Å²) in [4.78, 5) is 16.4. The average molecular weight is 424 g/mol. The van der Waals surface area contributed by atoms with E-state index in [4.69, 9.17) is 4.74 Å². The Morgan fingerprint density at radius 1 is 1.23 bits per heavy atom. The topological polar surface area (TPSA) is 78.3 Å². The highest BCUT2D eigenvalue weighted by Crippen LogP contribution is 2.33. The lowest BCUT2D eigenvalue weighted by molar-refractivity contribution is -0.0496. The van der Waals surface area contributed by atoms with Crippen molar-refractivity contribution in [3.05, 3.63) is 53.9 Å². The second-order valence-corrected chi connectivity index (χ2v) is 5.92. The summed E-state index contributed by atoms with van der Waals surface area (Å²) in [6.45, 7) is -1.14. The van der Waals surface area contributed by atoms with Gasteiger partial charge in [-0.05, 0) is 25.1 Å². The number of pyridine rings is 1. The number of alkyl halides is 2. The first kappa shape index (κ1) is 21.1. The van der Waals surface area contributed by atoms with Gasteiger partial charge in [0.25, 0.3) is 5.91 Å². The zero-order valence-electron chi connectivity index (χ0n) is 15.8. The van der Waals surface area contributed by atoms with E-state index in [1.54, 1.807) is 6.92 Å². The van der Waals surface area contributed by atoms with Gasteiger partial charge in [0, 0.05) is 19.3 Å². The molecular formula is C19H16F4N4O3. The van der Waals surface area contributed by atoms with Crippen molar-refractivity contribution >= 4 is 11.6 Å². The zero-order chi connectivity index (χ0) is 21.8. The first-order chi connectivity index (χ1) is 14.3. The van der Waals surface area contributed by atoms with Gasteiger partial charge in [-0.15, -0.1) is 0 Å². The molecule has 7 nitrogen and oxygen atoms in total. The number of nitrogens with one attached hydrogen (secondary N) is 1. The third-order valence-electron chi connectivity index (χ3n) is 3.94. The molecule has 158 valence electrons. The second-order valence-electron chi connectivity index (χ2n) is 5.92. The molecule has 0 saturated carbocycles. The minimum Gasteiger partial charge on any atom is -0.478 e. The van der Waals surface area contributed by atoms with Crippen molar-refractivity contribution in [2.45, 2.75) is 13.5 Å². The molecule has 1 amide bonds. The van der Waals surface area contributed by atoms with Crippen molar-refractivity contribution in [1.29, 1.82) is 0 Å². The summed E-state index contributed by atoms with van der Waals surface area (Å²) in [5.74, 6) is -2.97. The fourth-order valence-electron chi connectivity index (χ4n) is 2.66. The highest BCUT2D eigenvalue weighted by Gasteiger charge is 2.21. The van der Waals surface area contributed by atoms with Crippen LogP contribution in [0.4, 0.5) is 23.2 Å². The van der Waals surface area contributed by atoms with E-state index in [-0.39, 0.29) is 35.2 Å². The maximum atomic E-state index is 13.8. The lowest BCUT2D eigenvalue weighted by Crippen LogP contribution is -2.15. The number of amides is 1. The van der Waals surface area contributed by atoms with Crippen LogP contribution < -0.4 is 14.8 Å². The lowest BCUT2D eigenvalue weighted by Gasteiger charge is -2.12. The first-order valence-corrected chi connectivity index (χ1v) is 8.67. The molecule has 1 aromatic carbocycles. The van der Waals surface area contributed by atoms with Crippen LogP contribution in [0.25, 0.3) is 11.3 Å². The predicted molar refractivity (Wildman–Crippen MR) is 98.6 cm³/mol. The quantitative estimate of drug-likeness (QED) is 0.580. The summed E-state index contributed by atoms with van der Waals surface area (Å²) in [7, 11) is 1.46. The van der Waals surface area contributed by atoms with Crippen molar-refractivity contribution in [3.63, 3.8) is 0 Å². The number of hydrogen-bond acceptors (Lipinski definition) is 5. The smallest absolute Gasteiger partial charge is 0.387 e. The summed E-state index contributed by atoms with van der Waals surface area (Å²) in [6, 6.07) is 5.57. The van der Waals surface area contributed by atoms with Crippen LogP contribution in [-0.2, 0) is 7.05 Å². The minimum absolute atomic E-state index is 0.0760. The maximum Gasteiger partial charge on any atom is 0.387 e. The summed E-state index contributed by atoms with van der Waals surface area (Å²) < 4.78 is 64.2. The number of aryl methyl sites for hydroxylation is 1. The van der Waals surface area contributed by atoms with Crippen LogP contribution in [0.3, 0.4) is 0 Å². The summed E-state index contributed by atoms with van der Waals surface area (Å²) in [6.07, 6.45) is 1.23. The standard InChI is InChI=1S/C19H16F4N4O3/c1-3-29-16-8-15(30-19(22)23)10(9-24-16)14-7-13(26-27(14)2)18(28)25-17-11(20)5-4-6-12(17)21/h4-9,19H,3H2,1-2H3,(H,25,28). The minimum atomic E-state index is -3.11. The highest BCUT2D eigenvalue weighted by molar-refractivity contribution is 6.03. The van der Waals surface area contributed by atoms with Crippen LogP contribution >= 0.6 is 0 Å². The van der Waals surface area contributed by atoms with E-state index < -0.39 is 29.8 Å². The Morgan fingerprint density at radius 2 is 1.93 bits per heavy atom. The fraction of sp³-hybridized carbons (Fsp3) is 0.211. The molecule has 0 aliphatic heterocycles. The number of aromatic nitrogens is 3. The molecule has 0 atom stereocenters. The van der Waals surface area contributed by atoms with E-state index in [9.17, 15) is 22.4 Å². The molecule has 0 radical (unpaired) electrons. The number of rotatable bonds is 7. The summed E-state index contributed by atoms with van der Waals surface area (Å²) in [5.41, 5.74) is -0.503. The number of carbonyl (C=O) groups is 1. The van der Waals surface area contributed by atoms with Crippen LogP contribution in [-0.4, -0.2) is 33.9 Å². The Balaban J connectivity index is 1.95. The van der Waals surface area contributed by atoms with Crippen molar-refractivity contribution in [1.82, 2.24) is 14.8 Å². The molecule has 2 heterocycles. The Hall–Kier alpha value is -3.63. The van der Waals surface area contributed by atoms with Crippen molar-refractivity contribution in [3.8, 4) is 22.9 Å². The Bertz CT molecular complexity index is 1050. The monoisotopic (exact) mass is 424 g/mol. The van der Waals surface area contributed by atoms with Gasteiger partial charge in [-0.2, -0.15) is 13.9 Å². The van der Waals surface area contributed by atoms with Gasteiger partial charge < -0.3 is 14.8 Å². The lowest BCUT2D eigenvalue weighted by atomic mass is 10.1. The zero-order valence-corrected chi connectivity index (χ0v) is 15.8. The van der Waals surface area contributed by atoms with Gasteiger partial charge >= 0.3 is 6.61 Å². The SMILES string of the molecule is CCOc1cc(OC(F)F)c(-c2cc(C(=O)Nc3c(F)cccc3F)nn2C)cn1. The molecular weight excluding hydrogens is 408 g/mol. The molecule has 0 unspecified atom stereocenters. The van der Waals surface area contributed by atoms with Crippen molar-refractivity contribution in [2.75, 3.05) is 11.9 Å². The number of halogens is 4. The predicted octanol–water partition coefficient (Wildman–Crippen LogP) is 4.01. The van der Waals surface area contributed by atoms with E-state index in [1.165, 1.54) is 30.1 Å². The van der Waals surface area contributed by atoms with E-state index in [0.29, 0.717) is 0 Å². The van der Waals surface area contributed by atoms with Crippen LogP contribution in [0.2, 0.25) is 0 Å². The molecule has 1 N–H and O–H groups in total. The van der Waals surface area contributed by atoms with Gasteiger partial charge in [0.1, 0.15) is 23.1 Å². The number of ether oxygens (including phenoxy) is 2. The van der Waals surface area contributed by atoms with E-state index >= 15 is 0 Å². The third-order valence-corrected chi connectivity index (χ3v) is 3.94. The molecule has 30 heavy (non-hydrogen) atoms. The number of carbonyl (C=O) groups excluding carboxylic acids is 1. The molecule has 0 aliphatic rings. The first-order valence-electron chi connectivity index (χ1n) is 8.67. The Labute approximate surface area is 168 Å². The van der Waals surface area contributed by atoms with E-state index in [2.05, 4.69) is 20.1 Å². The number of nitrogens with zero attached hydrogens (tertiary/aromatic N) is 3. The molecule has 2 aromatic heterocycles. The molecule has 0 bridgehead atoms. The molecule has 0 aliphatic carbocycles. The summed E-state index contributed by atoms with van der Waals surface area (Å²) >= 11 is 0. The van der Waals surface area contributed by atoms with Gasteiger partial charge in [0.2, 0.25) is 5.88 Å². The van der Waals surface area contributed by atoms with Gasteiger partial charge in [-0.25, -0.2) is 13.8 Å². The van der Waals surface area contributed by atoms with Crippen LogP contribution in [0, 0.1) is 11.6 Å². The Morgan fingerprint density at radius 3 is 2.57 bits per heavy atom. The third kappa shape index (κ3) is 4.50. The van der Waals surface area contributed by atoms with Gasteiger partial charge in [0.15, 0.2) is 5.69 Å². The highest BCUT2D eigenvalue weighted by atomic mass is 19.3. The number of anilines is 1. The van der Waals surface area contributed by atoms with Gasteiger partial charge in [-0.1, -0.05) is 6.07 Å². The normalized spacial score (nSPS) is 10.9. The van der Waals surface area contributed by atoms with Crippen LogP contribution in [0.5, 0.6) is 11.6 Å². The second kappa shape index (κ2) is 8.80. The van der Waals surface area contributed by atoms with E-state index in [0.717, 1.165) is 18.2 Å². The molecule has 0 saturated heterocycles. The molecule has 0 spiro atoms. The number of hydrogen-bond donors (Lipinski definition) is 1.